The number of alkyl halides is 2. The van der Waals surface area contributed by atoms with Crippen LogP contribution in [0.2, 0.25) is 0 Å². The van der Waals surface area contributed by atoms with Gasteiger partial charge in [0.15, 0.2) is 12.5 Å². The second-order valence-electron chi connectivity index (χ2n) is 2.54. The average Bonchev–Trinajstić information content (AvgIpc) is 2.15. The van der Waals surface area contributed by atoms with Gasteiger partial charge in [0.05, 0.1) is 11.1 Å². The summed E-state index contributed by atoms with van der Waals surface area (Å²) in [4.78, 5) is 22.9. The van der Waals surface area contributed by atoms with Gasteiger partial charge in [0, 0.05) is 0 Å². The quantitative estimate of drug-likeness (QED) is 0.467. The number of nitro groups is 1. The average molecular weight is 217 g/mol. The van der Waals surface area contributed by atoms with E-state index in [0.717, 1.165) is 0 Å². The number of hydrogen-bond acceptors (Lipinski definition) is 5. The van der Waals surface area contributed by atoms with E-state index in [-0.39, 0.29) is 6.29 Å². The van der Waals surface area contributed by atoms with Crippen molar-refractivity contribution in [2.75, 3.05) is 5.73 Å². The number of anilines is 1. The monoisotopic (exact) mass is 217 g/mol. The maximum atomic E-state index is 12.4. The van der Waals surface area contributed by atoms with Gasteiger partial charge in [-0.15, -0.1) is 0 Å². The SMILES string of the molecule is Nc1c([N+](=O)[O-])ncc(C=O)c1C(F)F. The first-order chi connectivity index (χ1) is 6.99. The molecule has 0 atom stereocenters. The van der Waals surface area contributed by atoms with E-state index in [2.05, 4.69) is 4.98 Å². The zero-order valence-electron chi connectivity index (χ0n) is 7.18. The smallest absolute Gasteiger partial charge is 0.387 e. The molecule has 0 aromatic carbocycles. The second kappa shape index (κ2) is 3.95. The molecule has 0 fully saturated rings. The lowest BCUT2D eigenvalue weighted by molar-refractivity contribution is -0.388. The van der Waals surface area contributed by atoms with E-state index >= 15 is 0 Å². The van der Waals surface area contributed by atoms with Gasteiger partial charge in [0.1, 0.15) is 5.69 Å². The zero-order valence-corrected chi connectivity index (χ0v) is 7.18. The van der Waals surface area contributed by atoms with Crippen LogP contribution < -0.4 is 5.73 Å². The summed E-state index contributed by atoms with van der Waals surface area (Å²) in [5.41, 5.74) is 3.03. The molecule has 6 nitrogen and oxygen atoms in total. The number of nitrogens with zero attached hydrogens (tertiary/aromatic N) is 2. The minimum absolute atomic E-state index is 0.120. The molecule has 1 rings (SSSR count). The Balaban J connectivity index is 3.49. The number of nitrogens with two attached hydrogens (primary N) is 1. The maximum Gasteiger partial charge on any atom is 0.387 e. The Labute approximate surface area is 81.9 Å². The molecule has 15 heavy (non-hydrogen) atoms. The fourth-order valence-corrected chi connectivity index (χ4v) is 1.03. The van der Waals surface area contributed by atoms with Gasteiger partial charge < -0.3 is 15.8 Å². The van der Waals surface area contributed by atoms with Crippen LogP contribution >= 0.6 is 0 Å². The van der Waals surface area contributed by atoms with Crippen LogP contribution in [0, 0.1) is 10.1 Å². The summed E-state index contributed by atoms with van der Waals surface area (Å²) in [5, 5.41) is 10.3. The Morgan fingerprint density at radius 1 is 1.60 bits per heavy atom. The van der Waals surface area contributed by atoms with Crippen molar-refractivity contribution in [1.29, 1.82) is 0 Å². The van der Waals surface area contributed by atoms with E-state index in [0.29, 0.717) is 6.20 Å². The molecular weight excluding hydrogens is 212 g/mol. The summed E-state index contributed by atoms with van der Waals surface area (Å²) in [6.45, 7) is 0. The predicted octanol–water partition coefficient (Wildman–Crippen LogP) is 1.32. The molecule has 1 aromatic heterocycles. The first kappa shape index (κ1) is 11.0. The number of hydrogen-bond donors (Lipinski definition) is 1. The Morgan fingerprint density at radius 2 is 2.20 bits per heavy atom. The molecule has 0 saturated heterocycles. The minimum Gasteiger partial charge on any atom is -0.391 e. The molecule has 0 aliphatic heterocycles. The summed E-state index contributed by atoms with van der Waals surface area (Å²) < 4.78 is 24.9. The molecule has 0 radical (unpaired) electrons. The number of aldehydes is 1. The topological polar surface area (TPSA) is 99.1 Å². The van der Waals surface area contributed by atoms with Crippen molar-refractivity contribution in [1.82, 2.24) is 4.98 Å². The number of nitrogen functional groups attached to an aromatic ring is 1. The van der Waals surface area contributed by atoms with Crippen LogP contribution in [0.1, 0.15) is 22.3 Å². The number of aromatic nitrogens is 1. The van der Waals surface area contributed by atoms with E-state index in [1.54, 1.807) is 0 Å². The van der Waals surface area contributed by atoms with Crippen molar-refractivity contribution >= 4 is 17.8 Å². The lowest BCUT2D eigenvalue weighted by Gasteiger charge is -2.05. The van der Waals surface area contributed by atoms with Crippen molar-refractivity contribution in [2.24, 2.45) is 0 Å². The highest BCUT2D eigenvalue weighted by atomic mass is 19.3. The number of carbonyl (C=O) groups excluding carboxylic acids is 1. The van der Waals surface area contributed by atoms with Crippen molar-refractivity contribution in [3.63, 3.8) is 0 Å². The Bertz CT molecular complexity index is 422. The predicted molar refractivity (Wildman–Crippen MR) is 45.6 cm³/mol. The Hall–Kier alpha value is -2.12. The number of halogens is 2. The van der Waals surface area contributed by atoms with E-state index < -0.39 is 34.0 Å². The molecule has 0 aliphatic carbocycles. The molecule has 1 aromatic rings. The molecule has 1 heterocycles. The highest BCUT2D eigenvalue weighted by Gasteiger charge is 2.25. The third-order valence-corrected chi connectivity index (χ3v) is 1.69. The van der Waals surface area contributed by atoms with Crippen LogP contribution in [0.15, 0.2) is 6.20 Å². The third kappa shape index (κ3) is 1.87. The summed E-state index contributed by atoms with van der Waals surface area (Å²) in [6, 6.07) is 0. The molecule has 0 spiro atoms. The maximum absolute atomic E-state index is 12.4. The molecule has 80 valence electrons. The van der Waals surface area contributed by atoms with Gasteiger partial charge in [-0.25, -0.2) is 8.78 Å². The normalized spacial score (nSPS) is 10.3. The summed E-state index contributed by atoms with van der Waals surface area (Å²) in [5.74, 6) is -0.879. The highest BCUT2D eigenvalue weighted by Crippen LogP contribution is 2.32. The van der Waals surface area contributed by atoms with Gasteiger partial charge in [-0.2, -0.15) is 0 Å². The molecule has 0 aliphatic rings. The number of carbonyl (C=O) groups is 1. The second-order valence-corrected chi connectivity index (χ2v) is 2.54. The molecular formula is C7H5F2N3O3. The molecule has 0 amide bonds. The standard InChI is InChI=1S/C7H5F2N3O3/c8-6(9)4-3(2-13)1-11-7(5(4)10)12(14)15/h1-2,6H,10H2. The van der Waals surface area contributed by atoms with Crippen LogP contribution in [0.4, 0.5) is 20.3 Å². The largest absolute Gasteiger partial charge is 0.391 e. The molecule has 8 heteroatoms. The molecule has 0 bridgehead atoms. The lowest BCUT2D eigenvalue weighted by Crippen LogP contribution is -2.06. The van der Waals surface area contributed by atoms with Gasteiger partial charge in [0.25, 0.3) is 6.43 Å². The summed E-state index contributed by atoms with van der Waals surface area (Å²) in [6.07, 6.45) is -2.25. The Morgan fingerprint density at radius 3 is 2.60 bits per heavy atom. The fourth-order valence-electron chi connectivity index (χ4n) is 1.03. The fraction of sp³-hybridized carbons (Fsp3) is 0.143. The first-order valence-corrected chi connectivity index (χ1v) is 3.65. The van der Waals surface area contributed by atoms with E-state index in [1.165, 1.54) is 0 Å². The van der Waals surface area contributed by atoms with Gasteiger partial charge in [-0.1, -0.05) is 0 Å². The van der Waals surface area contributed by atoms with Crippen molar-refractivity contribution in [3.05, 3.63) is 27.4 Å². The molecule has 2 N–H and O–H groups in total. The highest BCUT2D eigenvalue weighted by molar-refractivity contribution is 5.81. The van der Waals surface area contributed by atoms with Crippen molar-refractivity contribution in [2.45, 2.75) is 6.43 Å². The Kier molecular flexibility index (Phi) is 2.88. The van der Waals surface area contributed by atoms with Gasteiger partial charge in [0.2, 0.25) is 0 Å². The first-order valence-electron chi connectivity index (χ1n) is 3.65. The van der Waals surface area contributed by atoms with Gasteiger partial charge in [-0.05, 0) is 9.91 Å². The van der Waals surface area contributed by atoms with Crippen LogP contribution in [-0.4, -0.2) is 16.2 Å². The van der Waals surface area contributed by atoms with E-state index in [4.69, 9.17) is 5.73 Å². The van der Waals surface area contributed by atoms with Crippen molar-refractivity contribution in [3.8, 4) is 0 Å². The van der Waals surface area contributed by atoms with E-state index in [1.807, 2.05) is 0 Å². The van der Waals surface area contributed by atoms with Gasteiger partial charge >= 0.3 is 5.82 Å². The van der Waals surface area contributed by atoms with Crippen LogP contribution in [0.25, 0.3) is 0 Å². The van der Waals surface area contributed by atoms with Crippen LogP contribution in [-0.2, 0) is 0 Å². The third-order valence-electron chi connectivity index (χ3n) is 1.69. The minimum atomic E-state index is -3.06. The van der Waals surface area contributed by atoms with Gasteiger partial charge in [-0.3, -0.25) is 4.79 Å². The molecule has 0 unspecified atom stereocenters. The van der Waals surface area contributed by atoms with Crippen LogP contribution in [0.5, 0.6) is 0 Å². The summed E-state index contributed by atoms with van der Waals surface area (Å²) >= 11 is 0. The lowest BCUT2D eigenvalue weighted by atomic mass is 10.1. The number of pyridine rings is 1. The van der Waals surface area contributed by atoms with E-state index in [9.17, 15) is 23.7 Å². The molecule has 0 saturated carbocycles. The van der Waals surface area contributed by atoms with Crippen LogP contribution in [0.3, 0.4) is 0 Å². The summed E-state index contributed by atoms with van der Waals surface area (Å²) in [7, 11) is 0. The van der Waals surface area contributed by atoms with Crippen molar-refractivity contribution < 1.29 is 18.5 Å². The zero-order chi connectivity index (χ0) is 11.6. The number of rotatable bonds is 3.